The SMILES string of the molecule is CC1=C(C)N(CCN2CCOCC2)C(C(N)=O)S1.Cl. The van der Waals surface area contributed by atoms with Crippen LogP contribution in [0, 0.1) is 0 Å². The van der Waals surface area contributed by atoms with E-state index in [9.17, 15) is 4.79 Å². The Balaban J connectivity index is 0.00000180. The normalized spacial score (nSPS) is 24.5. The van der Waals surface area contributed by atoms with Gasteiger partial charge in [0.2, 0.25) is 0 Å². The molecule has 5 nitrogen and oxygen atoms in total. The van der Waals surface area contributed by atoms with Crippen LogP contribution in [0.15, 0.2) is 10.6 Å². The second-order valence-electron chi connectivity index (χ2n) is 4.66. The highest BCUT2D eigenvalue weighted by atomic mass is 35.5. The highest BCUT2D eigenvalue weighted by Gasteiger charge is 2.32. The standard InChI is InChI=1S/C12H21N3O2S.ClH/c1-9-10(2)18-12(11(13)16)15(9)4-3-14-5-7-17-8-6-14;/h12H,3-8H2,1-2H3,(H2,13,16);1H. The first-order chi connectivity index (χ1) is 8.59. The highest BCUT2D eigenvalue weighted by Crippen LogP contribution is 2.36. The Bertz CT molecular complexity index is 359. The molecule has 0 saturated carbocycles. The van der Waals surface area contributed by atoms with E-state index in [-0.39, 0.29) is 23.7 Å². The second kappa shape index (κ2) is 7.38. The Morgan fingerprint density at radius 1 is 1.37 bits per heavy atom. The predicted octanol–water partition coefficient (Wildman–Crippen LogP) is 0.852. The number of halogens is 1. The smallest absolute Gasteiger partial charge is 0.250 e. The van der Waals surface area contributed by atoms with Gasteiger partial charge < -0.3 is 15.4 Å². The van der Waals surface area contributed by atoms with Gasteiger partial charge in [-0.05, 0) is 13.8 Å². The van der Waals surface area contributed by atoms with Gasteiger partial charge in [0, 0.05) is 36.8 Å². The Hall–Kier alpha value is -0.430. The monoisotopic (exact) mass is 307 g/mol. The van der Waals surface area contributed by atoms with Crippen molar-refractivity contribution in [1.29, 1.82) is 0 Å². The van der Waals surface area contributed by atoms with Gasteiger partial charge >= 0.3 is 0 Å². The van der Waals surface area contributed by atoms with E-state index in [0.29, 0.717) is 0 Å². The average Bonchev–Trinajstić information content (AvgIpc) is 2.65. The van der Waals surface area contributed by atoms with Crippen LogP contribution in [0.3, 0.4) is 0 Å². The molecule has 0 spiro atoms. The lowest BCUT2D eigenvalue weighted by molar-refractivity contribution is -0.119. The number of primary amides is 1. The minimum atomic E-state index is -0.252. The molecule has 1 amide bonds. The van der Waals surface area contributed by atoms with Gasteiger partial charge in [-0.1, -0.05) is 11.8 Å². The summed E-state index contributed by atoms with van der Waals surface area (Å²) in [6.07, 6.45) is 0. The minimum absolute atomic E-state index is 0. The number of morpholine rings is 1. The zero-order chi connectivity index (χ0) is 13.1. The number of nitrogens with two attached hydrogens (primary N) is 1. The molecule has 19 heavy (non-hydrogen) atoms. The molecule has 110 valence electrons. The van der Waals surface area contributed by atoms with Gasteiger partial charge in [-0.2, -0.15) is 0 Å². The molecule has 0 aromatic rings. The van der Waals surface area contributed by atoms with E-state index in [1.165, 1.54) is 10.6 Å². The Morgan fingerprint density at radius 2 is 2.00 bits per heavy atom. The molecule has 0 radical (unpaired) electrons. The van der Waals surface area contributed by atoms with Crippen LogP contribution in [0.5, 0.6) is 0 Å². The number of hydrogen-bond acceptors (Lipinski definition) is 5. The molecule has 2 aliphatic heterocycles. The molecule has 7 heteroatoms. The first kappa shape index (κ1) is 16.6. The molecule has 2 N–H and O–H groups in total. The predicted molar refractivity (Wildman–Crippen MR) is 80.2 cm³/mol. The summed E-state index contributed by atoms with van der Waals surface area (Å²) in [6, 6.07) is 0. The van der Waals surface area contributed by atoms with Crippen LogP contribution >= 0.6 is 24.2 Å². The Labute approximate surface area is 124 Å². The Kier molecular flexibility index (Phi) is 6.46. The van der Waals surface area contributed by atoms with Gasteiger partial charge in [0.05, 0.1) is 13.2 Å². The van der Waals surface area contributed by atoms with Crippen LogP contribution in [-0.4, -0.2) is 60.5 Å². The minimum Gasteiger partial charge on any atom is -0.379 e. The van der Waals surface area contributed by atoms with Gasteiger partial charge in [0.15, 0.2) is 5.37 Å². The summed E-state index contributed by atoms with van der Waals surface area (Å²) in [7, 11) is 0. The molecule has 0 bridgehead atoms. The van der Waals surface area contributed by atoms with Crippen molar-refractivity contribution in [3.63, 3.8) is 0 Å². The molecule has 2 rings (SSSR count). The summed E-state index contributed by atoms with van der Waals surface area (Å²) in [5.74, 6) is -0.252. The molecule has 0 aromatic carbocycles. The third kappa shape index (κ3) is 4.02. The fourth-order valence-corrected chi connectivity index (χ4v) is 3.39. The summed E-state index contributed by atoms with van der Waals surface area (Å²) in [6.45, 7) is 9.48. The van der Waals surface area contributed by atoms with Gasteiger partial charge in [-0.15, -0.1) is 12.4 Å². The zero-order valence-corrected chi connectivity index (χ0v) is 13.1. The number of carbonyl (C=O) groups is 1. The summed E-state index contributed by atoms with van der Waals surface area (Å²) < 4.78 is 5.33. The van der Waals surface area contributed by atoms with Crippen LogP contribution in [-0.2, 0) is 9.53 Å². The van der Waals surface area contributed by atoms with Crippen LogP contribution in [0.25, 0.3) is 0 Å². The molecule has 0 aliphatic carbocycles. The van der Waals surface area contributed by atoms with Crippen LogP contribution in [0.1, 0.15) is 13.8 Å². The van der Waals surface area contributed by atoms with Crippen molar-refractivity contribution in [1.82, 2.24) is 9.80 Å². The van der Waals surface area contributed by atoms with Crippen molar-refractivity contribution >= 4 is 30.1 Å². The molecular formula is C12H22ClN3O2S. The number of thioether (sulfide) groups is 1. The van der Waals surface area contributed by atoms with Gasteiger partial charge in [-0.3, -0.25) is 9.69 Å². The lowest BCUT2D eigenvalue weighted by atomic mass is 10.3. The van der Waals surface area contributed by atoms with Crippen LogP contribution in [0.2, 0.25) is 0 Å². The fraction of sp³-hybridized carbons (Fsp3) is 0.750. The third-order valence-corrected chi connectivity index (χ3v) is 4.88. The van der Waals surface area contributed by atoms with E-state index in [1.807, 2.05) is 6.92 Å². The van der Waals surface area contributed by atoms with Gasteiger partial charge in [0.1, 0.15) is 0 Å². The highest BCUT2D eigenvalue weighted by molar-refractivity contribution is 8.04. The quantitative estimate of drug-likeness (QED) is 0.834. The first-order valence-electron chi connectivity index (χ1n) is 6.30. The van der Waals surface area contributed by atoms with E-state index >= 15 is 0 Å². The molecule has 1 saturated heterocycles. The topological polar surface area (TPSA) is 58.8 Å². The number of hydrogen-bond donors (Lipinski definition) is 1. The van der Waals surface area contributed by atoms with Crippen molar-refractivity contribution in [2.24, 2.45) is 5.73 Å². The van der Waals surface area contributed by atoms with Crippen LogP contribution < -0.4 is 5.73 Å². The molecular weight excluding hydrogens is 286 g/mol. The maximum absolute atomic E-state index is 11.5. The fourth-order valence-electron chi connectivity index (χ4n) is 2.27. The lowest BCUT2D eigenvalue weighted by Crippen LogP contribution is -2.45. The van der Waals surface area contributed by atoms with E-state index in [4.69, 9.17) is 10.5 Å². The van der Waals surface area contributed by atoms with Crippen molar-refractivity contribution in [2.45, 2.75) is 19.2 Å². The maximum atomic E-state index is 11.5. The number of nitrogens with zero attached hydrogens (tertiary/aromatic N) is 2. The third-order valence-electron chi connectivity index (χ3n) is 3.52. The van der Waals surface area contributed by atoms with Crippen molar-refractivity contribution in [2.75, 3.05) is 39.4 Å². The molecule has 0 aromatic heterocycles. The molecule has 1 atom stereocenters. The average molecular weight is 308 g/mol. The molecule has 2 aliphatic rings. The van der Waals surface area contributed by atoms with Crippen molar-refractivity contribution < 1.29 is 9.53 Å². The van der Waals surface area contributed by atoms with E-state index in [2.05, 4.69) is 16.7 Å². The van der Waals surface area contributed by atoms with E-state index in [0.717, 1.165) is 39.4 Å². The molecule has 1 unspecified atom stereocenters. The lowest BCUT2D eigenvalue weighted by Gasteiger charge is -2.31. The summed E-state index contributed by atoms with van der Waals surface area (Å²) >= 11 is 1.56. The number of allylic oxidation sites excluding steroid dienone is 2. The summed E-state index contributed by atoms with van der Waals surface area (Å²) in [4.78, 5) is 17.1. The van der Waals surface area contributed by atoms with E-state index in [1.54, 1.807) is 11.8 Å². The van der Waals surface area contributed by atoms with Crippen molar-refractivity contribution in [3.8, 4) is 0 Å². The number of carbonyl (C=O) groups excluding carboxylic acids is 1. The first-order valence-corrected chi connectivity index (χ1v) is 7.18. The molecule has 2 heterocycles. The Morgan fingerprint density at radius 3 is 2.58 bits per heavy atom. The van der Waals surface area contributed by atoms with E-state index < -0.39 is 0 Å². The zero-order valence-electron chi connectivity index (χ0n) is 11.4. The van der Waals surface area contributed by atoms with Crippen LogP contribution in [0.4, 0.5) is 0 Å². The number of amides is 1. The summed E-state index contributed by atoms with van der Waals surface area (Å²) in [5.41, 5.74) is 6.64. The maximum Gasteiger partial charge on any atom is 0.250 e. The van der Waals surface area contributed by atoms with Gasteiger partial charge in [0.25, 0.3) is 5.91 Å². The second-order valence-corrected chi connectivity index (χ2v) is 5.96. The van der Waals surface area contributed by atoms with Gasteiger partial charge in [-0.25, -0.2) is 0 Å². The number of rotatable bonds is 4. The molecule has 1 fully saturated rings. The summed E-state index contributed by atoms with van der Waals surface area (Å²) in [5, 5.41) is -0.231. The number of ether oxygens (including phenoxy) is 1. The largest absolute Gasteiger partial charge is 0.379 e. The van der Waals surface area contributed by atoms with Crippen molar-refractivity contribution in [3.05, 3.63) is 10.6 Å².